The van der Waals surface area contributed by atoms with E-state index in [1.807, 2.05) is 14.0 Å². The summed E-state index contributed by atoms with van der Waals surface area (Å²) in [5, 5.41) is 12.5. The molecular weight excluding hydrogens is 220 g/mol. The summed E-state index contributed by atoms with van der Waals surface area (Å²) in [5.41, 5.74) is 0. The van der Waals surface area contributed by atoms with Crippen molar-refractivity contribution in [3.63, 3.8) is 0 Å². The maximum Gasteiger partial charge on any atom is 0.407 e. The number of hydrogen-bond acceptors (Lipinski definition) is 4. The van der Waals surface area contributed by atoms with Crippen LogP contribution in [0.15, 0.2) is 0 Å². The van der Waals surface area contributed by atoms with E-state index in [9.17, 15) is 9.90 Å². The molecule has 0 spiro atoms. The number of nitrogens with one attached hydrogen (secondary N) is 1. The van der Waals surface area contributed by atoms with Gasteiger partial charge in [0, 0.05) is 19.1 Å². The second kappa shape index (κ2) is 6.81. The number of aliphatic hydroxyl groups excluding tert-OH is 1. The van der Waals surface area contributed by atoms with Crippen molar-refractivity contribution < 1.29 is 14.6 Å². The molecule has 100 valence electrons. The average molecular weight is 244 g/mol. The third-order valence-electron chi connectivity index (χ3n) is 3.30. The molecule has 0 aliphatic carbocycles. The fraction of sp³-hybridized carbons (Fsp3) is 0.917. The number of ether oxygens (including phenoxy) is 1. The zero-order valence-electron chi connectivity index (χ0n) is 11.0. The molecule has 3 atom stereocenters. The zero-order chi connectivity index (χ0) is 12.8. The van der Waals surface area contributed by atoms with Crippen molar-refractivity contribution in [1.82, 2.24) is 10.2 Å². The van der Waals surface area contributed by atoms with Crippen molar-refractivity contribution in [2.24, 2.45) is 5.92 Å². The monoisotopic (exact) mass is 244 g/mol. The van der Waals surface area contributed by atoms with E-state index in [0.717, 1.165) is 32.4 Å². The van der Waals surface area contributed by atoms with Crippen LogP contribution >= 0.6 is 0 Å². The molecule has 0 aromatic carbocycles. The van der Waals surface area contributed by atoms with Gasteiger partial charge in [-0.2, -0.15) is 0 Å². The van der Waals surface area contributed by atoms with Crippen molar-refractivity contribution in [2.75, 3.05) is 27.2 Å². The molecule has 1 rings (SSSR count). The molecule has 5 nitrogen and oxygen atoms in total. The Balaban J connectivity index is 2.44. The van der Waals surface area contributed by atoms with Gasteiger partial charge in [0.1, 0.15) is 0 Å². The fourth-order valence-corrected chi connectivity index (χ4v) is 2.50. The Labute approximate surface area is 103 Å². The Kier molecular flexibility index (Phi) is 5.71. The topological polar surface area (TPSA) is 61.8 Å². The first-order valence-electron chi connectivity index (χ1n) is 6.26. The van der Waals surface area contributed by atoms with E-state index in [0.29, 0.717) is 5.92 Å². The molecule has 0 radical (unpaired) electrons. The SMILES string of the molecule is CCC(O)CC1CC(NC(=O)OC)CN(C)C1. The number of amides is 1. The van der Waals surface area contributed by atoms with Gasteiger partial charge in [-0.1, -0.05) is 6.92 Å². The van der Waals surface area contributed by atoms with Crippen LogP contribution in [0.4, 0.5) is 4.79 Å². The largest absolute Gasteiger partial charge is 0.453 e. The lowest BCUT2D eigenvalue weighted by Gasteiger charge is -2.36. The van der Waals surface area contributed by atoms with Crippen LogP contribution < -0.4 is 5.32 Å². The van der Waals surface area contributed by atoms with Crippen molar-refractivity contribution in [1.29, 1.82) is 0 Å². The number of likely N-dealkylation sites (N-methyl/N-ethyl adjacent to an activating group) is 1. The second-order valence-electron chi connectivity index (χ2n) is 4.95. The van der Waals surface area contributed by atoms with Crippen LogP contribution in [0, 0.1) is 5.92 Å². The molecule has 0 aromatic rings. The second-order valence-corrected chi connectivity index (χ2v) is 4.95. The van der Waals surface area contributed by atoms with Crippen LogP contribution in [0.3, 0.4) is 0 Å². The summed E-state index contributed by atoms with van der Waals surface area (Å²) in [6.45, 7) is 3.81. The number of carbonyl (C=O) groups is 1. The Morgan fingerprint density at radius 2 is 2.29 bits per heavy atom. The summed E-state index contributed by atoms with van der Waals surface area (Å²) in [4.78, 5) is 13.4. The number of aliphatic hydroxyl groups is 1. The van der Waals surface area contributed by atoms with E-state index in [-0.39, 0.29) is 18.2 Å². The van der Waals surface area contributed by atoms with Gasteiger partial charge < -0.3 is 20.1 Å². The van der Waals surface area contributed by atoms with Gasteiger partial charge in [-0.3, -0.25) is 0 Å². The van der Waals surface area contributed by atoms with Crippen LogP contribution in [0.25, 0.3) is 0 Å². The molecule has 1 heterocycles. The molecule has 1 fully saturated rings. The highest BCUT2D eigenvalue weighted by atomic mass is 16.5. The van der Waals surface area contributed by atoms with E-state index < -0.39 is 0 Å². The lowest BCUT2D eigenvalue weighted by Crippen LogP contribution is -2.49. The Morgan fingerprint density at radius 1 is 1.59 bits per heavy atom. The van der Waals surface area contributed by atoms with Gasteiger partial charge in [0.2, 0.25) is 0 Å². The number of likely N-dealkylation sites (tertiary alicyclic amines) is 1. The van der Waals surface area contributed by atoms with Crippen LogP contribution in [-0.2, 0) is 4.74 Å². The molecule has 1 amide bonds. The van der Waals surface area contributed by atoms with E-state index in [2.05, 4.69) is 15.0 Å². The average Bonchev–Trinajstić information content (AvgIpc) is 2.27. The predicted octanol–water partition coefficient (Wildman–Crippen LogP) is 0.824. The first-order chi connectivity index (χ1) is 8.05. The quantitative estimate of drug-likeness (QED) is 0.768. The fourth-order valence-electron chi connectivity index (χ4n) is 2.50. The summed E-state index contributed by atoms with van der Waals surface area (Å²) in [7, 11) is 3.41. The number of hydrogen-bond donors (Lipinski definition) is 2. The molecule has 3 unspecified atom stereocenters. The van der Waals surface area contributed by atoms with Gasteiger partial charge in [-0.05, 0) is 32.2 Å². The normalized spacial score (nSPS) is 27.5. The van der Waals surface area contributed by atoms with E-state index >= 15 is 0 Å². The molecule has 1 aliphatic heterocycles. The van der Waals surface area contributed by atoms with Crippen LogP contribution in [0.1, 0.15) is 26.2 Å². The minimum Gasteiger partial charge on any atom is -0.453 e. The molecule has 1 saturated heterocycles. The van der Waals surface area contributed by atoms with Gasteiger partial charge in [-0.15, -0.1) is 0 Å². The van der Waals surface area contributed by atoms with E-state index in [4.69, 9.17) is 0 Å². The summed E-state index contributed by atoms with van der Waals surface area (Å²) in [6, 6.07) is 0.121. The van der Waals surface area contributed by atoms with Gasteiger partial charge in [0.25, 0.3) is 0 Å². The van der Waals surface area contributed by atoms with Crippen molar-refractivity contribution in [3.8, 4) is 0 Å². The number of methoxy groups -OCH3 is 1. The number of piperidine rings is 1. The molecule has 5 heteroatoms. The van der Waals surface area contributed by atoms with Gasteiger partial charge in [-0.25, -0.2) is 4.79 Å². The lowest BCUT2D eigenvalue weighted by atomic mass is 9.89. The maximum atomic E-state index is 11.2. The van der Waals surface area contributed by atoms with Crippen LogP contribution in [0.2, 0.25) is 0 Å². The summed E-state index contributed by atoms with van der Waals surface area (Å²) < 4.78 is 4.61. The van der Waals surface area contributed by atoms with Crippen molar-refractivity contribution in [2.45, 2.75) is 38.3 Å². The number of alkyl carbamates (subject to hydrolysis) is 1. The van der Waals surface area contributed by atoms with Gasteiger partial charge in [0.15, 0.2) is 0 Å². The standard InChI is InChI=1S/C12H24N2O3/c1-4-11(15)6-9-5-10(8-14(2)7-9)13-12(16)17-3/h9-11,15H,4-8H2,1-3H3,(H,13,16). The third-order valence-corrected chi connectivity index (χ3v) is 3.30. The van der Waals surface area contributed by atoms with Crippen molar-refractivity contribution >= 4 is 6.09 Å². The first-order valence-corrected chi connectivity index (χ1v) is 6.26. The molecule has 2 N–H and O–H groups in total. The summed E-state index contributed by atoms with van der Waals surface area (Å²) in [6.07, 6.45) is 1.90. The predicted molar refractivity (Wildman–Crippen MR) is 65.8 cm³/mol. The van der Waals surface area contributed by atoms with Crippen molar-refractivity contribution in [3.05, 3.63) is 0 Å². The van der Waals surface area contributed by atoms with Gasteiger partial charge in [0.05, 0.1) is 13.2 Å². The Hall–Kier alpha value is -0.810. The summed E-state index contributed by atoms with van der Waals surface area (Å²) in [5.74, 6) is 0.436. The molecule has 0 saturated carbocycles. The highest BCUT2D eigenvalue weighted by Gasteiger charge is 2.27. The Morgan fingerprint density at radius 3 is 2.88 bits per heavy atom. The molecule has 0 bridgehead atoms. The summed E-state index contributed by atoms with van der Waals surface area (Å²) >= 11 is 0. The molecular formula is C12H24N2O3. The minimum atomic E-state index is -0.375. The van der Waals surface area contributed by atoms with E-state index in [1.165, 1.54) is 7.11 Å². The van der Waals surface area contributed by atoms with E-state index in [1.54, 1.807) is 0 Å². The number of carbonyl (C=O) groups excluding carboxylic acids is 1. The zero-order valence-corrected chi connectivity index (χ0v) is 11.0. The maximum absolute atomic E-state index is 11.2. The smallest absolute Gasteiger partial charge is 0.407 e. The molecule has 0 aromatic heterocycles. The highest BCUT2D eigenvalue weighted by molar-refractivity contribution is 5.67. The lowest BCUT2D eigenvalue weighted by molar-refractivity contribution is 0.0920. The molecule has 1 aliphatic rings. The number of rotatable bonds is 4. The first kappa shape index (κ1) is 14.3. The van der Waals surface area contributed by atoms with Gasteiger partial charge >= 0.3 is 6.09 Å². The van der Waals surface area contributed by atoms with Crippen LogP contribution in [0.5, 0.6) is 0 Å². The third kappa shape index (κ3) is 4.91. The minimum absolute atomic E-state index is 0.121. The Bertz CT molecular complexity index is 248. The number of nitrogens with zero attached hydrogens (tertiary/aromatic N) is 1. The van der Waals surface area contributed by atoms with Crippen LogP contribution in [-0.4, -0.2) is 55.5 Å². The molecule has 17 heavy (non-hydrogen) atoms. The highest BCUT2D eigenvalue weighted by Crippen LogP contribution is 2.21.